The molecule has 2 amide bonds. The van der Waals surface area contributed by atoms with E-state index in [0.29, 0.717) is 17.0 Å². The molecule has 0 bridgehead atoms. The Morgan fingerprint density at radius 2 is 1.95 bits per heavy atom. The molecule has 0 saturated carbocycles. The van der Waals surface area contributed by atoms with Crippen LogP contribution in [0, 0.1) is 0 Å². The number of benzene rings is 1. The highest BCUT2D eigenvalue weighted by atomic mass is 35.5. The van der Waals surface area contributed by atoms with Crippen molar-refractivity contribution in [1.29, 1.82) is 0 Å². The SMILES string of the molecule is NC(=O)[C@@H](Cc1ccc(Cl)cc1)NC(=O)c1cccnc1. The van der Waals surface area contributed by atoms with E-state index in [4.69, 9.17) is 17.3 Å². The molecule has 0 aliphatic heterocycles. The van der Waals surface area contributed by atoms with Crippen molar-refractivity contribution < 1.29 is 9.59 Å². The number of hydrogen-bond acceptors (Lipinski definition) is 3. The Kier molecular flexibility index (Phi) is 4.90. The lowest BCUT2D eigenvalue weighted by Gasteiger charge is -2.15. The summed E-state index contributed by atoms with van der Waals surface area (Å²) in [5.41, 5.74) is 6.58. The highest BCUT2D eigenvalue weighted by Gasteiger charge is 2.19. The topological polar surface area (TPSA) is 85.1 Å². The Labute approximate surface area is 127 Å². The number of nitrogens with zero attached hydrogens (tertiary/aromatic N) is 1. The van der Waals surface area contributed by atoms with Crippen molar-refractivity contribution in [2.45, 2.75) is 12.5 Å². The summed E-state index contributed by atoms with van der Waals surface area (Å²) in [6, 6.07) is 9.48. The number of amides is 2. The molecule has 1 atom stereocenters. The molecule has 0 aliphatic rings. The van der Waals surface area contributed by atoms with Crippen LogP contribution in [-0.4, -0.2) is 22.8 Å². The van der Waals surface area contributed by atoms with Crippen LogP contribution >= 0.6 is 11.6 Å². The lowest BCUT2D eigenvalue weighted by molar-refractivity contribution is -0.119. The van der Waals surface area contributed by atoms with E-state index in [2.05, 4.69) is 10.3 Å². The van der Waals surface area contributed by atoms with E-state index >= 15 is 0 Å². The van der Waals surface area contributed by atoms with Crippen LogP contribution < -0.4 is 11.1 Å². The van der Waals surface area contributed by atoms with E-state index < -0.39 is 11.9 Å². The van der Waals surface area contributed by atoms with Gasteiger partial charge in [-0.3, -0.25) is 14.6 Å². The predicted molar refractivity (Wildman–Crippen MR) is 79.8 cm³/mol. The predicted octanol–water partition coefficient (Wildman–Crippen LogP) is 1.56. The van der Waals surface area contributed by atoms with Gasteiger partial charge in [0.25, 0.3) is 5.91 Å². The van der Waals surface area contributed by atoms with Crippen molar-refractivity contribution in [2.75, 3.05) is 0 Å². The molecular formula is C15H14ClN3O2. The lowest BCUT2D eigenvalue weighted by Crippen LogP contribution is -2.45. The zero-order valence-corrected chi connectivity index (χ0v) is 11.9. The molecule has 6 heteroatoms. The second kappa shape index (κ2) is 6.85. The largest absolute Gasteiger partial charge is 0.368 e. The molecule has 0 saturated heterocycles. The number of aromatic nitrogens is 1. The maximum absolute atomic E-state index is 12.0. The first-order valence-electron chi connectivity index (χ1n) is 6.31. The van der Waals surface area contributed by atoms with Crippen molar-refractivity contribution in [2.24, 2.45) is 5.73 Å². The van der Waals surface area contributed by atoms with Gasteiger partial charge in [-0.2, -0.15) is 0 Å². The van der Waals surface area contributed by atoms with Crippen molar-refractivity contribution in [3.63, 3.8) is 0 Å². The first-order chi connectivity index (χ1) is 10.1. The number of pyridine rings is 1. The van der Waals surface area contributed by atoms with Crippen LogP contribution in [0.4, 0.5) is 0 Å². The summed E-state index contributed by atoms with van der Waals surface area (Å²) in [5.74, 6) is -0.983. The van der Waals surface area contributed by atoms with Crippen LogP contribution in [0.1, 0.15) is 15.9 Å². The molecule has 1 heterocycles. The minimum absolute atomic E-state index is 0.304. The van der Waals surface area contributed by atoms with Crippen LogP contribution in [-0.2, 0) is 11.2 Å². The Balaban J connectivity index is 2.07. The zero-order valence-electron chi connectivity index (χ0n) is 11.1. The summed E-state index contributed by atoms with van der Waals surface area (Å²) in [6.45, 7) is 0. The summed E-state index contributed by atoms with van der Waals surface area (Å²) in [5, 5.41) is 3.21. The van der Waals surface area contributed by atoms with Crippen LogP contribution in [0.15, 0.2) is 48.8 Å². The van der Waals surface area contributed by atoms with Gasteiger partial charge in [0.15, 0.2) is 0 Å². The summed E-state index contributed by atoms with van der Waals surface area (Å²) < 4.78 is 0. The number of nitrogens with one attached hydrogen (secondary N) is 1. The number of halogens is 1. The van der Waals surface area contributed by atoms with Crippen molar-refractivity contribution in [3.8, 4) is 0 Å². The minimum Gasteiger partial charge on any atom is -0.368 e. The molecule has 5 nitrogen and oxygen atoms in total. The van der Waals surface area contributed by atoms with Crippen LogP contribution in [0.5, 0.6) is 0 Å². The number of nitrogens with two attached hydrogens (primary N) is 1. The maximum Gasteiger partial charge on any atom is 0.253 e. The average molecular weight is 304 g/mol. The molecule has 0 spiro atoms. The Bertz CT molecular complexity index is 629. The van der Waals surface area contributed by atoms with Crippen LogP contribution in [0.25, 0.3) is 0 Å². The number of carbonyl (C=O) groups excluding carboxylic acids is 2. The van der Waals surface area contributed by atoms with Gasteiger partial charge in [0.1, 0.15) is 6.04 Å². The second-order valence-electron chi connectivity index (χ2n) is 4.50. The molecule has 0 aliphatic carbocycles. The van der Waals surface area contributed by atoms with Crippen LogP contribution in [0.3, 0.4) is 0 Å². The molecule has 1 aromatic heterocycles. The molecule has 2 rings (SSSR count). The van der Waals surface area contributed by atoms with Gasteiger partial charge in [0, 0.05) is 23.8 Å². The zero-order chi connectivity index (χ0) is 15.2. The summed E-state index contributed by atoms with van der Waals surface area (Å²) >= 11 is 5.81. The van der Waals surface area contributed by atoms with E-state index in [0.717, 1.165) is 5.56 Å². The summed E-state index contributed by atoms with van der Waals surface area (Å²) in [6.07, 6.45) is 3.30. The normalized spacial score (nSPS) is 11.7. The van der Waals surface area contributed by atoms with Gasteiger partial charge in [-0.1, -0.05) is 23.7 Å². The average Bonchev–Trinajstić information content (AvgIpc) is 2.49. The monoisotopic (exact) mass is 303 g/mol. The molecule has 0 fully saturated rings. The highest BCUT2D eigenvalue weighted by molar-refractivity contribution is 6.30. The van der Waals surface area contributed by atoms with E-state index in [1.165, 1.54) is 6.20 Å². The first kappa shape index (κ1) is 15.0. The number of hydrogen-bond donors (Lipinski definition) is 2. The van der Waals surface area contributed by atoms with Gasteiger partial charge in [-0.05, 0) is 29.8 Å². The van der Waals surface area contributed by atoms with E-state index in [9.17, 15) is 9.59 Å². The smallest absolute Gasteiger partial charge is 0.253 e. The van der Waals surface area contributed by atoms with E-state index in [1.54, 1.807) is 42.6 Å². The fourth-order valence-corrected chi connectivity index (χ4v) is 1.94. The van der Waals surface area contributed by atoms with E-state index in [1.807, 2.05) is 0 Å². The first-order valence-corrected chi connectivity index (χ1v) is 6.68. The van der Waals surface area contributed by atoms with Gasteiger partial charge >= 0.3 is 0 Å². The molecule has 108 valence electrons. The van der Waals surface area contributed by atoms with Crippen molar-refractivity contribution in [3.05, 3.63) is 64.9 Å². The summed E-state index contributed by atoms with van der Waals surface area (Å²) in [7, 11) is 0. The Hall–Kier alpha value is -2.40. The molecule has 2 aromatic rings. The van der Waals surface area contributed by atoms with Crippen LogP contribution in [0.2, 0.25) is 5.02 Å². The lowest BCUT2D eigenvalue weighted by atomic mass is 10.1. The third-order valence-electron chi connectivity index (χ3n) is 2.93. The number of primary amides is 1. The standard InChI is InChI=1S/C15H14ClN3O2/c16-12-5-3-10(4-6-12)8-13(14(17)20)19-15(21)11-2-1-7-18-9-11/h1-7,9,13H,8H2,(H2,17,20)(H,19,21)/t13-/m1/s1. The van der Waals surface area contributed by atoms with Crippen molar-refractivity contribution >= 4 is 23.4 Å². The van der Waals surface area contributed by atoms with Gasteiger partial charge in [-0.15, -0.1) is 0 Å². The molecular weight excluding hydrogens is 290 g/mol. The maximum atomic E-state index is 12.0. The number of carbonyl (C=O) groups is 2. The molecule has 21 heavy (non-hydrogen) atoms. The van der Waals surface area contributed by atoms with Crippen molar-refractivity contribution in [1.82, 2.24) is 10.3 Å². The fourth-order valence-electron chi connectivity index (χ4n) is 1.82. The highest BCUT2D eigenvalue weighted by Crippen LogP contribution is 2.11. The molecule has 0 unspecified atom stereocenters. The fraction of sp³-hybridized carbons (Fsp3) is 0.133. The minimum atomic E-state index is -0.793. The number of rotatable bonds is 5. The Morgan fingerprint density at radius 1 is 1.24 bits per heavy atom. The summed E-state index contributed by atoms with van der Waals surface area (Å²) in [4.78, 5) is 27.4. The Morgan fingerprint density at radius 3 is 2.52 bits per heavy atom. The van der Waals surface area contributed by atoms with Gasteiger partial charge < -0.3 is 11.1 Å². The third-order valence-corrected chi connectivity index (χ3v) is 3.18. The third kappa shape index (κ3) is 4.29. The molecule has 0 radical (unpaired) electrons. The molecule has 3 N–H and O–H groups in total. The van der Waals surface area contributed by atoms with Gasteiger partial charge in [0.2, 0.25) is 5.91 Å². The van der Waals surface area contributed by atoms with Gasteiger partial charge in [0.05, 0.1) is 5.56 Å². The quantitative estimate of drug-likeness (QED) is 0.879. The molecule has 1 aromatic carbocycles. The van der Waals surface area contributed by atoms with E-state index in [-0.39, 0.29) is 5.91 Å². The second-order valence-corrected chi connectivity index (χ2v) is 4.94. The van der Waals surface area contributed by atoms with Gasteiger partial charge in [-0.25, -0.2) is 0 Å².